The summed E-state index contributed by atoms with van der Waals surface area (Å²) in [6, 6.07) is 0. The number of hydrogen-bond acceptors (Lipinski definition) is 3. The van der Waals surface area contributed by atoms with Gasteiger partial charge in [-0.3, -0.25) is 4.79 Å². The lowest BCUT2D eigenvalue weighted by atomic mass is 9.44. The molecule has 2 saturated heterocycles. The van der Waals surface area contributed by atoms with Crippen LogP contribution >= 0.6 is 0 Å². The lowest BCUT2D eigenvalue weighted by Crippen LogP contribution is -2.57. The summed E-state index contributed by atoms with van der Waals surface area (Å²) < 4.78 is 13.2. The van der Waals surface area contributed by atoms with Crippen LogP contribution in [0.15, 0.2) is 0 Å². The van der Waals surface area contributed by atoms with Crippen LogP contribution in [0.4, 0.5) is 0 Å². The van der Waals surface area contributed by atoms with Gasteiger partial charge >= 0.3 is 0 Å². The summed E-state index contributed by atoms with van der Waals surface area (Å²) in [6.45, 7) is 10.3. The minimum absolute atomic E-state index is 0.195. The van der Waals surface area contributed by atoms with E-state index < -0.39 is 5.79 Å². The second-order valence-corrected chi connectivity index (χ2v) is 12.8. The fourth-order valence-corrected chi connectivity index (χ4v) is 9.99. The molecule has 6 fully saturated rings. The molecule has 2 aliphatic heterocycles. The molecular weight excluding hydrogens is 372 g/mol. The quantitative estimate of drug-likeness (QED) is 0.487. The zero-order valence-corrected chi connectivity index (χ0v) is 19.6. The first kappa shape index (κ1) is 20.2. The molecule has 0 aromatic heterocycles. The molecule has 3 nitrogen and oxygen atoms in total. The maximum absolute atomic E-state index is 14.0. The highest BCUT2D eigenvalue weighted by Crippen LogP contribution is 2.70. The van der Waals surface area contributed by atoms with Crippen LogP contribution in [0.3, 0.4) is 0 Å². The van der Waals surface area contributed by atoms with Crippen molar-refractivity contribution < 1.29 is 14.3 Å². The van der Waals surface area contributed by atoms with E-state index in [2.05, 4.69) is 27.7 Å². The second-order valence-electron chi connectivity index (χ2n) is 12.8. The van der Waals surface area contributed by atoms with Crippen LogP contribution in [0.2, 0.25) is 0 Å². The van der Waals surface area contributed by atoms with Gasteiger partial charge in [-0.05, 0) is 73.5 Å². The number of carbonyl (C=O) groups excluding carboxylic acids is 1. The fourth-order valence-electron chi connectivity index (χ4n) is 9.99. The van der Waals surface area contributed by atoms with Crippen molar-refractivity contribution in [2.75, 3.05) is 6.61 Å². The Bertz CT molecular complexity index is 724. The highest BCUT2D eigenvalue weighted by Gasteiger charge is 2.71. The Hall–Kier alpha value is -0.410. The van der Waals surface area contributed by atoms with Gasteiger partial charge in [0.05, 0.1) is 12.7 Å². The third kappa shape index (κ3) is 2.43. The standard InChI is InChI=1S/C27H42O3/c1-16-10-12-27(29-15-16)17(2)24-22(30-27)13-21-19-9-8-18-7-5-6-11-25(18,3)20(19)14-23(28)26(21,24)4/h16-22,24H,5-15H2,1-4H3/t16-,17+,18?,19-,20+,21+,22+,24+,25+,26-,27-/m1/s1. The monoisotopic (exact) mass is 414 g/mol. The van der Waals surface area contributed by atoms with Crippen molar-refractivity contribution in [3.63, 3.8) is 0 Å². The number of fused-ring (bicyclic) bond motifs is 7. The molecule has 4 saturated carbocycles. The maximum Gasteiger partial charge on any atom is 0.171 e. The molecular formula is C27H42O3. The number of rotatable bonds is 0. The van der Waals surface area contributed by atoms with Crippen LogP contribution in [-0.2, 0) is 14.3 Å². The Balaban J connectivity index is 1.31. The van der Waals surface area contributed by atoms with Crippen LogP contribution in [0.5, 0.6) is 0 Å². The van der Waals surface area contributed by atoms with Crippen molar-refractivity contribution in [2.24, 2.45) is 52.3 Å². The first-order valence-corrected chi connectivity index (χ1v) is 13.1. The van der Waals surface area contributed by atoms with Gasteiger partial charge in [-0.25, -0.2) is 0 Å². The average molecular weight is 415 g/mol. The molecule has 0 aromatic carbocycles. The summed E-state index contributed by atoms with van der Waals surface area (Å²) in [5.41, 5.74) is 0.214. The first-order chi connectivity index (χ1) is 14.3. The Kier molecular flexibility index (Phi) is 4.42. The van der Waals surface area contributed by atoms with Crippen molar-refractivity contribution in [1.29, 1.82) is 0 Å². The van der Waals surface area contributed by atoms with Crippen molar-refractivity contribution in [3.05, 3.63) is 0 Å². The van der Waals surface area contributed by atoms with Gasteiger partial charge in [-0.1, -0.05) is 40.5 Å². The molecule has 6 rings (SSSR count). The van der Waals surface area contributed by atoms with E-state index in [0.717, 1.165) is 37.7 Å². The predicted molar refractivity (Wildman–Crippen MR) is 117 cm³/mol. The van der Waals surface area contributed by atoms with Gasteiger partial charge in [0, 0.05) is 30.1 Å². The summed E-state index contributed by atoms with van der Waals surface area (Å²) in [5, 5.41) is 0. The van der Waals surface area contributed by atoms with E-state index in [0.29, 0.717) is 40.8 Å². The molecule has 3 heteroatoms. The Morgan fingerprint density at radius 1 is 0.967 bits per heavy atom. The Labute approximate surface area is 183 Å². The number of Topliss-reactive ketones (excluding diaryl/α,β-unsaturated/α-hetero) is 1. The van der Waals surface area contributed by atoms with Crippen molar-refractivity contribution in [2.45, 2.75) is 104 Å². The summed E-state index contributed by atoms with van der Waals surface area (Å²) in [6.07, 6.45) is 12.6. The van der Waals surface area contributed by atoms with E-state index in [4.69, 9.17) is 9.47 Å². The molecule has 0 N–H and O–H groups in total. The average Bonchev–Trinajstić information content (AvgIpc) is 3.17. The lowest BCUT2D eigenvalue weighted by molar-refractivity contribution is -0.272. The van der Waals surface area contributed by atoms with Crippen LogP contribution in [0.1, 0.15) is 91.9 Å². The van der Waals surface area contributed by atoms with E-state index >= 15 is 0 Å². The summed E-state index contributed by atoms with van der Waals surface area (Å²) in [7, 11) is 0. The van der Waals surface area contributed by atoms with E-state index in [1.54, 1.807) is 0 Å². The molecule has 11 atom stereocenters. The van der Waals surface area contributed by atoms with E-state index in [9.17, 15) is 4.79 Å². The first-order valence-electron chi connectivity index (χ1n) is 13.1. The van der Waals surface area contributed by atoms with Gasteiger partial charge < -0.3 is 9.47 Å². The van der Waals surface area contributed by atoms with Gasteiger partial charge in [-0.2, -0.15) is 0 Å². The molecule has 30 heavy (non-hydrogen) atoms. The van der Waals surface area contributed by atoms with Crippen LogP contribution in [-0.4, -0.2) is 24.3 Å². The van der Waals surface area contributed by atoms with Crippen LogP contribution in [0.25, 0.3) is 0 Å². The lowest BCUT2D eigenvalue weighted by Gasteiger charge is -2.60. The molecule has 1 spiro atoms. The summed E-state index contributed by atoms with van der Waals surface area (Å²) in [4.78, 5) is 14.0. The third-order valence-electron chi connectivity index (χ3n) is 11.7. The van der Waals surface area contributed by atoms with Gasteiger partial charge in [-0.15, -0.1) is 0 Å². The second kappa shape index (κ2) is 6.56. The molecule has 0 amide bonds. The zero-order valence-electron chi connectivity index (χ0n) is 19.6. The highest BCUT2D eigenvalue weighted by atomic mass is 16.7. The van der Waals surface area contributed by atoms with E-state index in [1.165, 1.54) is 44.9 Å². The molecule has 4 aliphatic carbocycles. The van der Waals surface area contributed by atoms with Gasteiger partial charge in [0.2, 0.25) is 0 Å². The van der Waals surface area contributed by atoms with Crippen molar-refractivity contribution >= 4 is 5.78 Å². The molecule has 0 radical (unpaired) electrons. The minimum Gasteiger partial charge on any atom is -0.349 e. The summed E-state index contributed by atoms with van der Waals surface area (Å²) >= 11 is 0. The number of ketones is 1. The van der Waals surface area contributed by atoms with Crippen LogP contribution < -0.4 is 0 Å². The fraction of sp³-hybridized carbons (Fsp3) is 0.963. The van der Waals surface area contributed by atoms with E-state index in [1.807, 2.05) is 0 Å². The number of carbonyl (C=O) groups is 1. The molecule has 0 aromatic rings. The van der Waals surface area contributed by atoms with E-state index in [-0.39, 0.29) is 11.5 Å². The Morgan fingerprint density at radius 2 is 1.80 bits per heavy atom. The maximum atomic E-state index is 14.0. The smallest absolute Gasteiger partial charge is 0.171 e. The van der Waals surface area contributed by atoms with Gasteiger partial charge in [0.25, 0.3) is 0 Å². The normalized spacial score (nSPS) is 60.1. The van der Waals surface area contributed by atoms with Crippen molar-refractivity contribution in [1.82, 2.24) is 0 Å². The number of hydrogen-bond donors (Lipinski definition) is 0. The van der Waals surface area contributed by atoms with Gasteiger partial charge in [0.1, 0.15) is 5.78 Å². The SMILES string of the molecule is C[C@@H]1CC[C@@]2(OC1)O[C@H]1C[C@H]3[C@@H]4CCC5CCCC[C@]5(C)[C@H]4CC(=O)[C@]3(C)[C@H]1[C@@H]2C. The number of ether oxygens (including phenoxy) is 2. The molecule has 1 unspecified atom stereocenters. The highest BCUT2D eigenvalue weighted by molar-refractivity contribution is 5.87. The Morgan fingerprint density at radius 3 is 2.57 bits per heavy atom. The molecule has 168 valence electrons. The topological polar surface area (TPSA) is 35.5 Å². The van der Waals surface area contributed by atoms with Gasteiger partial charge in [0.15, 0.2) is 5.79 Å². The molecule has 2 heterocycles. The minimum atomic E-state index is -0.417. The third-order valence-corrected chi connectivity index (χ3v) is 11.7. The summed E-state index contributed by atoms with van der Waals surface area (Å²) in [5.74, 6) is 4.20. The molecule has 6 aliphatic rings. The van der Waals surface area contributed by atoms with Crippen LogP contribution in [0, 0.1) is 52.3 Å². The van der Waals surface area contributed by atoms with Crippen molar-refractivity contribution in [3.8, 4) is 0 Å². The largest absolute Gasteiger partial charge is 0.349 e. The predicted octanol–water partition coefficient (Wildman–Crippen LogP) is 6.00. The zero-order chi connectivity index (χ0) is 20.9. The molecule has 0 bridgehead atoms.